The minimum absolute atomic E-state index is 0.247. The zero-order chi connectivity index (χ0) is 17.5. The van der Waals surface area contributed by atoms with Crippen molar-refractivity contribution in [2.24, 2.45) is 0 Å². The Balaban J connectivity index is 2.03. The molecule has 0 aromatic heterocycles. The first kappa shape index (κ1) is 18.5. The van der Waals surface area contributed by atoms with Gasteiger partial charge in [0.05, 0.1) is 0 Å². The summed E-state index contributed by atoms with van der Waals surface area (Å²) in [6, 6.07) is 15.1. The van der Waals surface area contributed by atoms with E-state index in [4.69, 9.17) is 0 Å². The van der Waals surface area contributed by atoms with Gasteiger partial charge in [-0.15, -0.1) is 11.8 Å². The zero-order valence-corrected chi connectivity index (χ0v) is 15.6. The number of rotatable bonds is 7. The fourth-order valence-corrected chi connectivity index (χ4v) is 3.85. The second-order valence-corrected chi connectivity index (χ2v) is 7.21. The lowest BCUT2D eigenvalue weighted by Crippen LogP contribution is -2.41. The maximum atomic E-state index is 11.2. The van der Waals surface area contributed by atoms with Crippen molar-refractivity contribution in [3.63, 3.8) is 0 Å². The molecule has 2 rings (SSSR count). The first-order valence-corrected chi connectivity index (χ1v) is 9.18. The molecule has 0 fully saturated rings. The van der Waals surface area contributed by atoms with E-state index in [1.54, 1.807) is 11.8 Å². The molecule has 0 aliphatic rings. The molecule has 0 heterocycles. The Labute approximate surface area is 153 Å². The maximum Gasteiger partial charge on any atom is 0.326 e. The van der Waals surface area contributed by atoms with Crippen LogP contribution in [0.15, 0.2) is 57.9 Å². The van der Waals surface area contributed by atoms with Gasteiger partial charge in [-0.1, -0.05) is 36.4 Å². The standard InChI is InChI=1S/C18H18BrNO3S/c1-12(21)20-16(18(22)23)10-14-7-8-17(15(19)9-14)24-11-13-5-3-2-4-6-13/h2-9,16H,10-11H2,1H3,(H,20,21)(H,22,23). The van der Waals surface area contributed by atoms with E-state index in [9.17, 15) is 14.7 Å². The van der Waals surface area contributed by atoms with E-state index in [-0.39, 0.29) is 12.3 Å². The summed E-state index contributed by atoms with van der Waals surface area (Å²) in [4.78, 5) is 23.4. The molecule has 4 nitrogen and oxygen atoms in total. The van der Waals surface area contributed by atoms with E-state index in [0.717, 1.165) is 20.7 Å². The van der Waals surface area contributed by atoms with E-state index in [0.29, 0.717) is 0 Å². The van der Waals surface area contributed by atoms with Gasteiger partial charge >= 0.3 is 5.97 Å². The van der Waals surface area contributed by atoms with Crippen molar-refractivity contribution < 1.29 is 14.7 Å². The molecule has 0 radical (unpaired) electrons. The summed E-state index contributed by atoms with van der Waals surface area (Å²) in [5, 5.41) is 11.6. The van der Waals surface area contributed by atoms with Gasteiger partial charge in [0, 0.05) is 28.5 Å². The normalized spacial score (nSPS) is 11.8. The minimum Gasteiger partial charge on any atom is -0.480 e. The molecule has 0 spiro atoms. The molecule has 126 valence electrons. The minimum atomic E-state index is -1.04. The molecule has 1 atom stereocenters. The molecule has 24 heavy (non-hydrogen) atoms. The third kappa shape index (κ3) is 5.69. The first-order chi connectivity index (χ1) is 11.5. The SMILES string of the molecule is CC(=O)NC(Cc1ccc(SCc2ccccc2)c(Br)c1)C(=O)O. The highest BCUT2D eigenvalue weighted by Crippen LogP contribution is 2.31. The summed E-state index contributed by atoms with van der Waals surface area (Å²) in [6.07, 6.45) is 0.247. The Morgan fingerprint density at radius 1 is 1.17 bits per heavy atom. The molecule has 2 aromatic rings. The van der Waals surface area contributed by atoms with Crippen LogP contribution in [0.2, 0.25) is 0 Å². The first-order valence-electron chi connectivity index (χ1n) is 7.41. The number of carbonyl (C=O) groups is 2. The number of amides is 1. The molecular formula is C18H18BrNO3S. The smallest absolute Gasteiger partial charge is 0.326 e. The van der Waals surface area contributed by atoms with Gasteiger partial charge in [-0.05, 0) is 39.2 Å². The fraction of sp³-hybridized carbons (Fsp3) is 0.222. The number of aliphatic carboxylic acids is 1. The molecule has 6 heteroatoms. The van der Waals surface area contributed by atoms with Crippen molar-refractivity contribution >= 4 is 39.6 Å². The van der Waals surface area contributed by atoms with Crippen LogP contribution in [0.3, 0.4) is 0 Å². The molecule has 1 unspecified atom stereocenters. The summed E-state index contributed by atoms with van der Waals surface area (Å²) >= 11 is 5.25. The van der Waals surface area contributed by atoms with Gasteiger partial charge in [-0.25, -0.2) is 4.79 Å². The second kappa shape index (κ2) is 8.89. The highest BCUT2D eigenvalue weighted by molar-refractivity contribution is 9.10. The molecular weight excluding hydrogens is 390 g/mol. The number of thioether (sulfide) groups is 1. The Hall–Kier alpha value is -1.79. The third-order valence-corrected chi connectivity index (χ3v) is 5.41. The van der Waals surface area contributed by atoms with Crippen LogP contribution >= 0.6 is 27.7 Å². The summed E-state index contributed by atoms with van der Waals surface area (Å²) in [6.45, 7) is 1.31. The molecule has 0 aliphatic carbocycles. The van der Waals surface area contributed by atoms with Crippen LogP contribution in [0.1, 0.15) is 18.1 Å². The van der Waals surface area contributed by atoms with Crippen LogP contribution in [0.25, 0.3) is 0 Å². The van der Waals surface area contributed by atoms with E-state index in [2.05, 4.69) is 33.4 Å². The van der Waals surface area contributed by atoms with E-state index < -0.39 is 12.0 Å². The number of halogens is 1. The van der Waals surface area contributed by atoms with Crippen LogP contribution in [-0.2, 0) is 21.8 Å². The van der Waals surface area contributed by atoms with Crippen molar-refractivity contribution in [2.45, 2.75) is 30.0 Å². The van der Waals surface area contributed by atoms with Gasteiger partial charge in [0.15, 0.2) is 0 Å². The van der Waals surface area contributed by atoms with Crippen LogP contribution < -0.4 is 5.32 Å². The van der Waals surface area contributed by atoms with E-state index >= 15 is 0 Å². The number of nitrogens with one attached hydrogen (secondary N) is 1. The second-order valence-electron chi connectivity index (χ2n) is 5.33. The van der Waals surface area contributed by atoms with Gasteiger partial charge in [0.2, 0.25) is 5.91 Å². The lowest BCUT2D eigenvalue weighted by atomic mass is 10.1. The average Bonchev–Trinajstić information content (AvgIpc) is 2.54. The van der Waals surface area contributed by atoms with Gasteiger partial charge in [0.1, 0.15) is 6.04 Å². The topological polar surface area (TPSA) is 66.4 Å². The van der Waals surface area contributed by atoms with Gasteiger partial charge in [0.25, 0.3) is 0 Å². The molecule has 1 amide bonds. The molecule has 0 saturated carbocycles. The summed E-state index contributed by atoms with van der Waals surface area (Å²) in [5.41, 5.74) is 2.10. The van der Waals surface area contributed by atoms with Crippen molar-refractivity contribution in [3.8, 4) is 0 Å². The quantitative estimate of drug-likeness (QED) is 0.683. The molecule has 0 aliphatic heterocycles. The molecule has 2 N–H and O–H groups in total. The predicted octanol–water partition coefficient (Wildman–Crippen LogP) is 3.87. The summed E-state index contributed by atoms with van der Waals surface area (Å²) < 4.78 is 0.924. The lowest BCUT2D eigenvalue weighted by molar-refractivity contribution is -0.141. The summed E-state index contributed by atoms with van der Waals surface area (Å²) in [7, 11) is 0. The van der Waals surface area contributed by atoms with Crippen molar-refractivity contribution in [2.75, 3.05) is 0 Å². The van der Waals surface area contributed by atoms with Crippen molar-refractivity contribution in [1.82, 2.24) is 5.32 Å². The zero-order valence-electron chi connectivity index (χ0n) is 13.2. The van der Waals surface area contributed by atoms with Gasteiger partial charge < -0.3 is 10.4 Å². The number of carboxylic acid groups (broad SMARTS) is 1. The van der Waals surface area contributed by atoms with Crippen LogP contribution in [0, 0.1) is 0 Å². The Morgan fingerprint density at radius 2 is 1.88 bits per heavy atom. The Kier molecular flexibility index (Phi) is 6.87. The number of hydrogen-bond donors (Lipinski definition) is 2. The number of carboxylic acids is 1. The number of carbonyl (C=O) groups excluding carboxylic acids is 1. The lowest BCUT2D eigenvalue weighted by Gasteiger charge is -2.14. The monoisotopic (exact) mass is 407 g/mol. The Bertz CT molecular complexity index is 721. The van der Waals surface area contributed by atoms with Crippen molar-refractivity contribution in [1.29, 1.82) is 0 Å². The van der Waals surface area contributed by atoms with Crippen LogP contribution in [0.5, 0.6) is 0 Å². The Morgan fingerprint density at radius 3 is 2.46 bits per heavy atom. The van der Waals surface area contributed by atoms with Crippen molar-refractivity contribution in [3.05, 3.63) is 64.1 Å². The fourth-order valence-electron chi connectivity index (χ4n) is 2.20. The van der Waals surface area contributed by atoms with Crippen LogP contribution in [0.4, 0.5) is 0 Å². The summed E-state index contributed by atoms with van der Waals surface area (Å²) in [5.74, 6) is -0.525. The number of hydrogen-bond acceptors (Lipinski definition) is 3. The van der Waals surface area contributed by atoms with Gasteiger partial charge in [-0.2, -0.15) is 0 Å². The third-order valence-electron chi connectivity index (χ3n) is 3.35. The van der Waals surface area contributed by atoms with E-state index in [1.165, 1.54) is 12.5 Å². The number of benzene rings is 2. The van der Waals surface area contributed by atoms with Gasteiger partial charge in [-0.3, -0.25) is 4.79 Å². The largest absolute Gasteiger partial charge is 0.480 e. The predicted molar refractivity (Wildman–Crippen MR) is 99.1 cm³/mol. The molecule has 2 aromatic carbocycles. The highest BCUT2D eigenvalue weighted by atomic mass is 79.9. The van der Waals surface area contributed by atoms with Crippen LogP contribution in [-0.4, -0.2) is 23.0 Å². The van der Waals surface area contributed by atoms with E-state index in [1.807, 2.05) is 36.4 Å². The maximum absolute atomic E-state index is 11.2. The average molecular weight is 408 g/mol. The molecule has 0 saturated heterocycles. The highest BCUT2D eigenvalue weighted by Gasteiger charge is 2.19. The molecule has 0 bridgehead atoms.